The standard InChI is InChI=1S/C20H29NO6/c1-2-6-19(22)25-13-18-12-24-15-20(27-18)14-23-11-17(26-20)10-21-9-16-7-4-3-5-8-16/h3-5,7-8,17-18,21H,2,6,9-15H2,1H3/t17-,18+,20+/m1/s1. The zero-order valence-corrected chi connectivity index (χ0v) is 15.9. The zero-order chi connectivity index (χ0) is 19.0. The van der Waals surface area contributed by atoms with Gasteiger partial charge in [0.1, 0.15) is 25.9 Å². The van der Waals surface area contributed by atoms with Crippen molar-refractivity contribution in [1.29, 1.82) is 0 Å². The van der Waals surface area contributed by atoms with Gasteiger partial charge in [-0.1, -0.05) is 37.3 Å². The third-order valence-electron chi connectivity index (χ3n) is 4.44. The first-order chi connectivity index (χ1) is 13.2. The van der Waals surface area contributed by atoms with Crippen molar-refractivity contribution in [1.82, 2.24) is 5.32 Å². The van der Waals surface area contributed by atoms with E-state index in [4.69, 9.17) is 23.7 Å². The van der Waals surface area contributed by atoms with E-state index in [1.165, 1.54) is 5.56 Å². The molecule has 0 aromatic heterocycles. The van der Waals surface area contributed by atoms with Gasteiger partial charge in [0.2, 0.25) is 5.79 Å². The summed E-state index contributed by atoms with van der Waals surface area (Å²) >= 11 is 0. The summed E-state index contributed by atoms with van der Waals surface area (Å²) in [6, 6.07) is 10.2. The van der Waals surface area contributed by atoms with Crippen molar-refractivity contribution < 1.29 is 28.5 Å². The number of hydrogen-bond acceptors (Lipinski definition) is 7. The average Bonchev–Trinajstić information content (AvgIpc) is 2.68. The molecule has 0 unspecified atom stereocenters. The Balaban J connectivity index is 1.44. The van der Waals surface area contributed by atoms with Crippen LogP contribution in [0.3, 0.4) is 0 Å². The van der Waals surface area contributed by atoms with Crippen LogP contribution in [0, 0.1) is 0 Å². The van der Waals surface area contributed by atoms with Crippen LogP contribution in [0.25, 0.3) is 0 Å². The molecule has 0 saturated carbocycles. The van der Waals surface area contributed by atoms with Crippen LogP contribution >= 0.6 is 0 Å². The molecule has 2 aliphatic rings. The van der Waals surface area contributed by atoms with Crippen molar-refractivity contribution in [2.24, 2.45) is 0 Å². The smallest absolute Gasteiger partial charge is 0.305 e. The number of nitrogens with one attached hydrogen (secondary N) is 1. The van der Waals surface area contributed by atoms with Gasteiger partial charge in [0.05, 0.1) is 19.3 Å². The van der Waals surface area contributed by atoms with E-state index in [2.05, 4.69) is 17.4 Å². The van der Waals surface area contributed by atoms with Gasteiger partial charge in [-0.3, -0.25) is 4.79 Å². The minimum absolute atomic E-state index is 0.132. The Morgan fingerprint density at radius 1 is 1.15 bits per heavy atom. The predicted octanol–water partition coefficient (Wildman–Crippen LogP) is 1.65. The lowest BCUT2D eigenvalue weighted by Gasteiger charge is -2.44. The quantitative estimate of drug-likeness (QED) is 0.688. The molecule has 7 heteroatoms. The molecular weight excluding hydrogens is 350 g/mol. The largest absolute Gasteiger partial charge is 0.463 e. The third-order valence-corrected chi connectivity index (χ3v) is 4.44. The van der Waals surface area contributed by atoms with Crippen LogP contribution in [0.4, 0.5) is 0 Å². The number of carbonyl (C=O) groups is 1. The van der Waals surface area contributed by atoms with Crippen molar-refractivity contribution >= 4 is 5.97 Å². The second-order valence-corrected chi connectivity index (χ2v) is 6.97. The molecule has 0 bridgehead atoms. The fourth-order valence-electron chi connectivity index (χ4n) is 3.19. The van der Waals surface area contributed by atoms with Crippen LogP contribution in [0.15, 0.2) is 30.3 Å². The Hall–Kier alpha value is -1.51. The second-order valence-electron chi connectivity index (χ2n) is 6.97. The maximum atomic E-state index is 11.6. The van der Waals surface area contributed by atoms with E-state index in [9.17, 15) is 4.79 Å². The molecule has 2 fully saturated rings. The van der Waals surface area contributed by atoms with Gasteiger partial charge in [-0.2, -0.15) is 0 Å². The fraction of sp³-hybridized carbons (Fsp3) is 0.650. The van der Waals surface area contributed by atoms with E-state index in [1.54, 1.807) is 0 Å². The summed E-state index contributed by atoms with van der Waals surface area (Å²) in [5.74, 6) is -1.15. The summed E-state index contributed by atoms with van der Waals surface area (Å²) in [5.41, 5.74) is 1.22. The Labute approximate surface area is 160 Å². The molecule has 3 rings (SSSR count). The minimum atomic E-state index is -0.933. The lowest BCUT2D eigenvalue weighted by Crippen LogP contribution is -2.59. The number of ether oxygens (including phenoxy) is 5. The van der Waals surface area contributed by atoms with Crippen molar-refractivity contribution in [3.8, 4) is 0 Å². The second kappa shape index (κ2) is 10.1. The Kier molecular flexibility index (Phi) is 7.60. The van der Waals surface area contributed by atoms with E-state index in [0.29, 0.717) is 39.4 Å². The molecule has 2 aliphatic heterocycles. The maximum Gasteiger partial charge on any atom is 0.305 e. The van der Waals surface area contributed by atoms with Crippen LogP contribution < -0.4 is 5.32 Å². The molecule has 3 atom stereocenters. The zero-order valence-electron chi connectivity index (χ0n) is 15.9. The lowest BCUT2D eigenvalue weighted by molar-refractivity contribution is -0.371. The Morgan fingerprint density at radius 2 is 1.85 bits per heavy atom. The van der Waals surface area contributed by atoms with Crippen LogP contribution in [-0.2, 0) is 35.0 Å². The fourth-order valence-corrected chi connectivity index (χ4v) is 3.19. The van der Waals surface area contributed by atoms with Gasteiger partial charge in [-0.15, -0.1) is 0 Å². The van der Waals surface area contributed by atoms with Crippen molar-refractivity contribution in [2.75, 3.05) is 39.6 Å². The summed E-state index contributed by atoms with van der Waals surface area (Å²) in [7, 11) is 0. The highest BCUT2D eigenvalue weighted by Crippen LogP contribution is 2.27. The summed E-state index contributed by atoms with van der Waals surface area (Å²) in [5, 5.41) is 3.39. The van der Waals surface area contributed by atoms with Crippen LogP contribution in [0.5, 0.6) is 0 Å². The summed E-state index contributed by atoms with van der Waals surface area (Å²) in [4.78, 5) is 11.6. The molecule has 7 nitrogen and oxygen atoms in total. The molecule has 1 aromatic rings. The van der Waals surface area contributed by atoms with Gasteiger partial charge >= 0.3 is 5.97 Å². The van der Waals surface area contributed by atoms with Crippen LogP contribution in [0.1, 0.15) is 25.3 Å². The van der Waals surface area contributed by atoms with Crippen LogP contribution in [0.2, 0.25) is 0 Å². The summed E-state index contributed by atoms with van der Waals surface area (Å²) < 4.78 is 28.8. The molecule has 0 radical (unpaired) electrons. The molecule has 1 aromatic carbocycles. The monoisotopic (exact) mass is 379 g/mol. The minimum Gasteiger partial charge on any atom is -0.463 e. The number of carbonyl (C=O) groups excluding carboxylic acids is 1. The highest BCUT2D eigenvalue weighted by molar-refractivity contribution is 5.69. The molecule has 27 heavy (non-hydrogen) atoms. The third kappa shape index (κ3) is 6.26. The summed E-state index contributed by atoms with van der Waals surface area (Å²) in [6.07, 6.45) is 0.694. The van der Waals surface area contributed by atoms with Crippen LogP contribution in [-0.4, -0.2) is 63.5 Å². The van der Waals surface area contributed by atoms with Crippen molar-refractivity contribution in [3.05, 3.63) is 35.9 Å². The number of rotatable bonds is 8. The van der Waals surface area contributed by atoms with E-state index < -0.39 is 5.79 Å². The van der Waals surface area contributed by atoms with Gasteiger partial charge in [-0.05, 0) is 12.0 Å². The van der Waals surface area contributed by atoms with Gasteiger partial charge in [0.25, 0.3) is 0 Å². The molecule has 0 aliphatic carbocycles. The van der Waals surface area contributed by atoms with Gasteiger partial charge < -0.3 is 29.0 Å². The molecule has 150 valence electrons. The lowest BCUT2D eigenvalue weighted by atomic mass is 10.2. The first kappa shape index (κ1) is 20.2. The Morgan fingerprint density at radius 3 is 2.59 bits per heavy atom. The molecule has 1 spiro atoms. The normalized spacial score (nSPS) is 28.2. The molecule has 2 saturated heterocycles. The summed E-state index contributed by atoms with van der Waals surface area (Å²) in [6.45, 7) is 5.02. The molecule has 2 heterocycles. The van der Waals surface area contributed by atoms with Gasteiger partial charge in [0, 0.05) is 19.5 Å². The number of esters is 1. The molecule has 1 N–H and O–H groups in total. The van der Waals surface area contributed by atoms with E-state index in [0.717, 1.165) is 13.0 Å². The van der Waals surface area contributed by atoms with E-state index in [1.807, 2.05) is 25.1 Å². The SMILES string of the molecule is CCCC(=O)OC[C@@H]1COC[C@]2(COC[C@@H](CNCc3ccccc3)O2)O1. The topological polar surface area (TPSA) is 75.3 Å². The number of hydrogen-bond donors (Lipinski definition) is 1. The van der Waals surface area contributed by atoms with E-state index in [-0.39, 0.29) is 24.8 Å². The highest BCUT2D eigenvalue weighted by atomic mass is 16.8. The Bertz CT molecular complexity index is 579. The van der Waals surface area contributed by atoms with Gasteiger partial charge in [-0.25, -0.2) is 0 Å². The first-order valence-electron chi connectivity index (χ1n) is 9.60. The molecular formula is C20H29NO6. The van der Waals surface area contributed by atoms with E-state index >= 15 is 0 Å². The first-order valence-corrected chi connectivity index (χ1v) is 9.60. The van der Waals surface area contributed by atoms with Crippen molar-refractivity contribution in [2.45, 2.75) is 44.3 Å². The average molecular weight is 379 g/mol. The van der Waals surface area contributed by atoms with Crippen molar-refractivity contribution in [3.63, 3.8) is 0 Å². The predicted molar refractivity (Wildman–Crippen MR) is 98.1 cm³/mol. The van der Waals surface area contributed by atoms with Gasteiger partial charge in [0.15, 0.2) is 0 Å². The highest BCUT2D eigenvalue weighted by Gasteiger charge is 2.44. The maximum absolute atomic E-state index is 11.6. The molecule has 0 amide bonds. The number of benzene rings is 1.